The van der Waals surface area contributed by atoms with Gasteiger partial charge in [0.15, 0.2) is 11.2 Å². The first-order valence-electron chi connectivity index (χ1n) is 8.28. The van der Waals surface area contributed by atoms with Crippen molar-refractivity contribution in [2.45, 2.75) is 18.9 Å². The Morgan fingerprint density at radius 2 is 2.00 bits per heavy atom. The molecule has 1 atom stereocenters. The highest BCUT2D eigenvalue weighted by atomic mass is 32.1. The number of primary amides is 1. The van der Waals surface area contributed by atoms with Gasteiger partial charge in [0.1, 0.15) is 5.58 Å². The lowest BCUT2D eigenvalue weighted by molar-refractivity contribution is 0.0706. The monoisotopic (exact) mass is 368 g/mol. The Kier molecular flexibility index (Phi) is 4.08. The minimum Gasteiger partial charge on any atom is -0.451 e. The van der Waals surface area contributed by atoms with Crippen molar-refractivity contribution in [2.24, 2.45) is 5.73 Å². The van der Waals surface area contributed by atoms with Gasteiger partial charge in [-0.25, -0.2) is 0 Å². The van der Waals surface area contributed by atoms with Gasteiger partial charge in [0.2, 0.25) is 0 Å². The number of carbonyl (C=O) groups excluding carboxylic acids is 2. The van der Waals surface area contributed by atoms with Crippen molar-refractivity contribution in [2.75, 3.05) is 6.54 Å². The lowest BCUT2D eigenvalue weighted by Gasteiger charge is -2.23. The summed E-state index contributed by atoms with van der Waals surface area (Å²) in [4.78, 5) is 39.6. The molecular formula is C19H16N2O4S. The van der Waals surface area contributed by atoms with E-state index in [2.05, 4.69) is 0 Å². The second kappa shape index (κ2) is 6.42. The molecule has 4 rings (SSSR count). The number of carbonyl (C=O) groups is 2. The van der Waals surface area contributed by atoms with E-state index in [1.54, 1.807) is 35.2 Å². The summed E-state index contributed by atoms with van der Waals surface area (Å²) in [7, 11) is 0. The van der Waals surface area contributed by atoms with Crippen molar-refractivity contribution in [3.8, 4) is 0 Å². The summed E-state index contributed by atoms with van der Waals surface area (Å²) in [6, 6.07) is 11.5. The van der Waals surface area contributed by atoms with Crippen LogP contribution in [0.15, 0.2) is 51.7 Å². The summed E-state index contributed by atoms with van der Waals surface area (Å²) in [5.41, 5.74) is 5.48. The minimum atomic E-state index is -0.474. The molecule has 1 aromatic carbocycles. The zero-order valence-electron chi connectivity index (χ0n) is 13.8. The number of hydrogen-bond donors (Lipinski definition) is 1. The van der Waals surface area contributed by atoms with E-state index in [1.807, 2.05) is 6.07 Å². The Labute approximate surface area is 152 Å². The fraction of sp³-hybridized carbons (Fsp3) is 0.211. The number of para-hydroxylation sites is 1. The van der Waals surface area contributed by atoms with Crippen LogP contribution in [0.3, 0.4) is 0 Å². The molecule has 1 unspecified atom stereocenters. The van der Waals surface area contributed by atoms with Gasteiger partial charge in [0, 0.05) is 17.5 Å². The van der Waals surface area contributed by atoms with Crippen molar-refractivity contribution >= 4 is 34.1 Å². The van der Waals surface area contributed by atoms with E-state index in [-0.39, 0.29) is 23.1 Å². The zero-order valence-corrected chi connectivity index (χ0v) is 14.6. The van der Waals surface area contributed by atoms with E-state index in [0.717, 1.165) is 17.7 Å². The number of nitrogens with zero attached hydrogens (tertiary/aromatic N) is 1. The van der Waals surface area contributed by atoms with Gasteiger partial charge in [-0.15, -0.1) is 11.3 Å². The molecule has 1 saturated heterocycles. The molecule has 26 heavy (non-hydrogen) atoms. The third kappa shape index (κ3) is 2.80. The Morgan fingerprint density at radius 3 is 2.77 bits per heavy atom. The molecule has 0 bridgehead atoms. The van der Waals surface area contributed by atoms with Gasteiger partial charge >= 0.3 is 0 Å². The molecule has 2 amide bonds. The quantitative estimate of drug-likeness (QED) is 0.769. The molecule has 1 aliphatic heterocycles. The summed E-state index contributed by atoms with van der Waals surface area (Å²) in [6.07, 6.45) is 1.64. The molecule has 3 aromatic rings. The second-order valence-electron chi connectivity index (χ2n) is 6.19. The number of amides is 2. The van der Waals surface area contributed by atoms with Crippen LogP contribution in [-0.4, -0.2) is 23.3 Å². The van der Waals surface area contributed by atoms with Crippen LogP contribution in [0, 0.1) is 0 Å². The Morgan fingerprint density at radius 1 is 1.19 bits per heavy atom. The molecule has 2 N–H and O–H groups in total. The third-order valence-electron chi connectivity index (χ3n) is 4.56. The topological polar surface area (TPSA) is 93.6 Å². The number of fused-ring (bicyclic) bond motifs is 1. The van der Waals surface area contributed by atoms with Crippen LogP contribution >= 0.6 is 11.3 Å². The first-order valence-corrected chi connectivity index (χ1v) is 9.09. The van der Waals surface area contributed by atoms with E-state index in [4.69, 9.17) is 10.2 Å². The van der Waals surface area contributed by atoms with Crippen molar-refractivity contribution in [1.82, 2.24) is 4.90 Å². The molecule has 2 aromatic heterocycles. The third-order valence-corrected chi connectivity index (χ3v) is 5.76. The number of hydrogen-bond acceptors (Lipinski definition) is 5. The molecule has 1 aliphatic rings. The molecule has 0 aliphatic carbocycles. The Hall–Kier alpha value is -2.93. The van der Waals surface area contributed by atoms with Gasteiger partial charge in [0.25, 0.3) is 11.8 Å². The lowest BCUT2D eigenvalue weighted by atomic mass is 10.1. The maximum Gasteiger partial charge on any atom is 0.290 e. The summed E-state index contributed by atoms with van der Waals surface area (Å²) in [6.45, 7) is 0.573. The molecule has 6 nitrogen and oxygen atoms in total. The van der Waals surface area contributed by atoms with E-state index < -0.39 is 5.91 Å². The highest BCUT2D eigenvalue weighted by Gasteiger charge is 2.33. The van der Waals surface area contributed by atoms with Gasteiger partial charge in [0.05, 0.1) is 16.3 Å². The highest BCUT2D eigenvalue weighted by Crippen LogP contribution is 2.36. The lowest BCUT2D eigenvalue weighted by Crippen LogP contribution is -2.30. The maximum atomic E-state index is 13.0. The standard InChI is InChI=1S/C19H16N2O4S/c20-18(23)17-8-7-16(26-17)12-5-3-9-21(12)19(24)15-10-13(22)11-4-1-2-6-14(11)25-15/h1-2,4,6-8,10,12H,3,5,9H2,(H2,20,23). The fourth-order valence-corrected chi connectivity index (χ4v) is 4.33. The summed E-state index contributed by atoms with van der Waals surface area (Å²) in [5.74, 6) is -0.755. The molecule has 0 radical (unpaired) electrons. The number of benzene rings is 1. The van der Waals surface area contributed by atoms with Crippen LogP contribution in [0.4, 0.5) is 0 Å². The number of likely N-dealkylation sites (tertiary alicyclic amines) is 1. The average Bonchev–Trinajstić information content (AvgIpc) is 3.30. The molecule has 7 heteroatoms. The maximum absolute atomic E-state index is 13.0. The Balaban J connectivity index is 1.68. The summed E-state index contributed by atoms with van der Waals surface area (Å²) >= 11 is 1.30. The molecule has 132 valence electrons. The van der Waals surface area contributed by atoms with E-state index >= 15 is 0 Å². The number of thiophene rings is 1. The van der Waals surface area contributed by atoms with Gasteiger partial charge < -0.3 is 15.1 Å². The van der Waals surface area contributed by atoms with Gasteiger partial charge in [-0.3, -0.25) is 14.4 Å². The summed E-state index contributed by atoms with van der Waals surface area (Å²) < 4.78 is 5.68. The molecule has 1 fully saturated rings. The van der Waals surface area contributed by atoms with E-state index in [1.165, 1.54) is 17.4 Å². The Bertz CT molecular complexity index is 1070. The van der Waals surface area contributed by atoms with Crippen molar-refractivity contribution in [1.29, 1.82) is 0 Å². The normalized spacial score (nSPS) is 16.9. The van der Waals surface area contributed by atoms with Gasteiger partial charge in [-0.2, -0.15) is 0 Å². The van der Waals surface area contributed by atoms with Crippen LogP contribution in [-0.2, 0) is 0 Å². The predicted octanol–water partition coefficient (Wildman–Crippen LogP) is 2.93. The molecular weight excluding hydrogens is 352 g/mol. The fourth-order valence-electron chi connectivity index (χ4n) is 3.32. The first-order chi connectivity index (χ1) is 12.5. The van der Waals surface area contributed by atoms with Crippen LogP contribution < -0.4 is 11.2 Å². The molecule has 0 saturated carbocycles. The smallest absolute Gasteiger partial charge is 0.290 e. The van der Waals surface area contributed by atoms with Crippen molar-refractivity contribution in [3.05, 3.63) is 68.2 Å². The second-order valence-corrected chi connectivity index (χ2v) is 7.31. The van der Waals surface area contributed by atoms with E-state index in [0.29, 0.717) is 22.4 Å². The van der Waals surface area contributed by atoms with Gasteiger partial charge in [-0.1, -0.05) is 12.1 Å². The van der Waals surface area contributed by atoms with E-state index in [9.17, 15) is 14.4 Å². The number of nitrogens with two attached hydrogens (primary N) is 1. The van der Waals surface area contributed by atoms with Crippen molar-refractivity contribution in [3.63, 3.8) is 0 Å². The molecule has 0 spiro atoms. The summed E-state index contributed by atoms with van der Waals surface area (Å²) in [5, 5.41) is 0.450. The predicted molar refractivity (Wildman–Crippen MR) is 98.3 cm³/mol. The van der Waals surface area contributed by atoms with Crippen LogP contribution in [0.1, 0.15) is 44.0 Å². The van der Waals surface area contributed by atoms with Crippen LogP contribution in [0.5, 0.6) is 0 Å². The van der Waals surface area contributed by atoms with Crippen LogP contribution in [0.2, 0.25) is 0 Å². The average molecular weight is 368 g/mol. The number of rotatable bonds is 3. The molecule has 3 heterocycles. The highest BCUT2D eigenvalue weighted by molar-refractivity contribution is 7.14. The SMILES string of the molecule is NC(=O)c1ccc(C2CCCN2C(=O)c2cc(=O)c3ccccc3o2)s1. The van der Waals surface area contributed by atoms with Gasteiger partial charge in [-0.05, 0) is 37.1 Å². The largest absolute Gasteiger partial charge is 0.451 e. The first kappa shape index (κ1) is 16.5. The van der Waals surface area contributed by atoms with Crippen molar-refractivity contribution < 1.29 is 14.0 Å². The van der Waals surface area contributed by atoms with Crippen LogP contribution in [0.25, 0.3) is 11.0 Å². The zero-order chi connectivity index (χ0) is 18.3. The minimum absolute atomic E-state index is 0.0345.